The van der Waals surface area contributed by atoms with E-state index in [2.05, 4.69) is 32.9 Å². The van der Waals surface area contributed by atoms with Gasteiger partial charge in [0, 0.05) is 12.8 Å². The summed E-state index contributed by atoms with van der Waals surface area (Å²) < 4.78 is 16.4. The van der Waals surface area contributed by atoms with Crippen LogP contribution < -0.4 is 0 Å². The maximum atomic E-state index is 12.2. The highest BCUT2D eigenvalue weighted by Gasteiger charge is 2.36. The zero-order valence-corrected chi connectivity index (χ0v) is 31.9. The minimum absolute atomic E-state index is 0.0722. The average molecular weight is 679 g/mol. The molecule has 282 valence electrons. The Balaban J connectivity index is 1.85. The van der Waals surface area contributed by atoms with Gasteiger partial charge in [-0.15, -0.1) is 0 Å². The van der Waals surface area contributed by atoms with Crippen molar-refractivity contribution in [1.29, 1.82) is 0 Å². The van der Waals surface area contributed by atoms with E-state index in [1.54, 1.807) is 0 Å². The number of allylic oxidation sites excluding steroid dienone is 1. The second-order valence-electron chi connectivity index (χ2n) is 14.7. The van der Waals surface area contributed by atoms with Crippen molar-refractivity contribution in [3.8, 4) is 0 Å². The van der Waals surface area contributed by atoms with Crippen LogP contribution in [0.5, 0.6) is 0 Å². The van der Waals surface area contributed by atoms with Gasteiger partial charge in [-0.2, -0.15) is 0 Å². The van der Waals surface area contributed by atoms with E-state index >= 15 is 0 Å². The Morgan fingerprint density at radius 1 is 0.667 bits per heavy atom. The Bertz CT molecular complexity index is 767. The molecule has 0 aliphatic carbocycles. The lowest BCUT2D eigenvalue weighted by atomic mass is 9.99. The van der Waals surface area contributed by atoms with Crippen molar-refractivity contribution in [2.24, 2.45) is 5.92 Å². The van der Waals surface area contributed by atoms with Gasteiger partial charge < -0.3 is 19.3 Å². The predicted molar refractivity (Wildman–Crippen MR) is 200 cm³/mol. The molecule has 0 aromatic carbocycles. The van der Waals surface area contributed by atoms with Crippen LogP contribution in [0, 0.1) is 5.92 Å². The average Bonchev–Trinajstić information content (AvgIpc) is 3.84. The molecule has 6 nitrogen and oxygen atoms in total. The van der Waals surface area contributed by atoms with Gasteiger partial charge in [0.15, 0.2) is 6.10 Å². The van der Waals surface area contributed by atoms with Crippen molar-refractivity contribution in [2.45, 2.75) is 225 Å². The van der Waals surface area contributed by atoms with Gasteiger partial charge in [0.25, 0.3) is 0 Å². The van der Waals surface area contributed by atoms with Crippen molar-refractivity contribution in [2.75, 3.05) is 13.2 Å². The van der Waals surface area contributed by atoms with Crippen molar-refractivity contribution in [3.05, 3.63) is 12.2 Å². The number of esters is 2. The summed E-state index contributed by atoms with van der Waals surface area (Å²) in [6.07, 6.45) is 38.7. The quantitative estimate of drug-likeness (QED) is 0.0307. The number of rotatable bonds is 36. The van der Waals surface area contributed by atoms with E-state index in [9.17, 15) is 14.7 Å². The van der Waals surface area contributed by atoms with Crippen LogP contribution in [0.4, 0.5) is 0 Å². The van der Waals surface area contributed by atoms with Crippen molar-refractivity contribution in [3.63, 3.8) is 0 Å². The maximum Gasteiger partial charge on any atom is 0.306 e. The molecule has 1 N–H and O–H groups in total. The number of hydrogen-bond donors (Lipinski definition) is 1. The fraction of sp³-hybridized carbons (Fsp3) is 0.905. The van der Waals surface area contributed by atoms with E-state index < -0.39 is 6.10 Å². The fourth-order valence-electron chi connectivity index (χ4n) is 6.36. The standard InChI is InChI=1S/C42H78O6/c1-4-6-25-31-39-40(48-39)32-27-22-18-15-16-19-23-28-33-41(44)46-36-38(35-43)47-42(45)34-29-24-20-14-12-10-8-7-9-11-13-17-21-26-30-37(3)5-2/h22,27,37-40,43H,4-21,23-26,28-36H2,1-3H3/b27-22-/t37?,38-,39?,40?/m0/s1. The zero-order valence-electron chi connectivity index (χ0n) is 31.9. The van der Waals surface area contributed by atoms with E-state index in [0.29, 0.717) is 25.0 Å². The highest BCUT2D eigenvalue weighted by atomic mass is 16.6. The Kier molecular flexibility index (Phi) is 30.5. The molecule has 0 radical (unpaired) electrons. The number of hydrogen-bond acceptors (Lipinski definition) is 6. The number of carbonyl (C=O) groups excluding carboxylic acids is 2. The minimum Gasteiger partial charge on any atom is -0.462 e. The van der Waals surface area contributed by atoms with Gasteiger partial charge in [0.2, 0.25) is 0 Å². The zero-order chi connectivity index (χ0) is 34.9. The topological polar surface area (TPSA) is 85.4 Å². The first-order chi connectivity index (χ1) is 23.5. The van der Waals surface area contributed by atoms with E-state index in [0.717, 1.165) is 57.3 Å². The van der Waals surface area contributed by atoms with Gasteiger partial charge in [0.05, 0.1) is 18.8 Å². The molecule has 1 heterocycles. The number of unbranched alkanes of at least 4 members (excludes halogenated alkanes) is 20. The summed E-state index contributed by atoms with van der Waals surface area (Å²) in [7, 11) is 0. The molecule has 1 fully saturated rings. The van der Waals surface area contributed by atoms with Gasteiger partial charge in [-0.1, -0.05) is 168 Å². The lowest BCUT2D eigenvalue weighted by molar-refractivity contribution is -0.161. The monoisotopic (exact) mass is 679 g/mol. The first-order valence-corrected chi connectivity index (χ1v) is 20.8. The van der Waals surface area contributed by atoms with Crippen LogP contribution >= 0.6 is 0 Å². The lowest BCUT2D eigenvalue weighted by Gasteiger charge is -2.15. The number of aliphatic hydroxyl groups is 1. The fourth-order valence-corrected chi connectivity index (χ4v) is 6.36. The molecule has 3 unspecified atom stereocenters. The number of aliphatic hydroxyl groups excluding tert-OH is 1. The van der Waals surface area contributed by atoms with Crippen LogP contribution in [0.25, 0.3) is 0 Å². The molecule has 0 amide bonds. The molecule has 6 heteroatoms. The third-order valence-corrected chi connectivity index (χ3v) is 10.0. The highest BCUT2D eigenvalue weighted by molar-refractivity contribution is 5.70. The molecule has 48 heavy (non-hydrogen) atoms. The van der Waals surface area contributed by atoms with Crippen LogP contribution in [0.2, 0.25) is 0 Å². The summed E-state index contributed by atoms with van der Waals surface area (Å²) in [6.45, 7) is 6.49. The van der Waals surface area contributed by atoms with Gasteiger partial charge in [-0.25, -0.2) is 0 Å². The molecule has 0 aromatic rings. The predicted octanol–water partition coefficient (Wildman–Crippen LogP) is 11.7. The van der Waals surface area contributed by atoms with E-state index in [4.69, 9.17) is 14.2 Å². The van der Waals surface area contributed by atoms with Crippen molar-refractivity contribution in [1.82, 2.24) is 0 Å². The first-order valence-electron chi connectivity index (χ1n) is 20.8. The Morgan fingerprint density at radius 3 is 1.77 bits per heavy atom. The third kappa shape index (κ3) is 28.4. The lowest BCUT2D eigenvalue weighted by Crippen LogP contribution is -2.28. The Labute approximate surface area is 296 Å². The summed E-state index contributed by atoms with van der Waals surface area (Å²) in [5.74, 6) is 0.296. The largest absolute Gasteiger partial charge is 0.462 e. The van der Waals surface area contributed by atoms with E-state index in [1.807, 2.05) is 0 Å². The molecular formula is C42H78O6. The molecule has 1 saturated heterocycles. The summed E-state index contributed by atoms with van der Waals surface area (Å²) in [5.41, 5.74) is 0. The molecule has 1 aliphatic heterocycles. The first kappa shape index (κ1) is 44.6. The molecular weight excluding hydrogens is 600 g/mol. The highest BCUT2D eigenvalue weighted by Crippen LogP contribution is 2.30. The van der Waals surface area contributed by atoms with Crippen molar-refractivity contribution < 1.29 is 28.9 Å². The molecule has 1 aliphatic rings. The third-order valence-electron chi connectivity index (χ3n) is 10.0. The van der Waals surface area contributed by atoms with Gasteiger partial charge in [-0.05, 0) is 44.4 Å². The summed E-state index contributed by atoms with van der Waals surface area (Å²) >= 11 is 0. The van der Waals surface area contributed by atoms with E-state index in [1.165, 1.54) is 122 Å². The smallest absolute Gasteiger partial charge is 0.306 e. The molecule has 0 aromatic heterocycles. The number of epoxide rings is 1. The van der Waals surface area contributed by atoms with Crippen LogP contribution in [-0.2, 0) is 23.8 Å². The second-order valence-corrected chi connectivity index (χ2v) is 14.7. The molecule has 0 saturated carbocycles. The maximum absolute atomic E-state index is 12.2. The van der Waals surface area contributed by atoms with Gasteiger partial charge >= 0.3 is 11.9 Å². The minimum atomic E-state index is -0.775. The Morgan fingerprint density at radius 2 is 1.21 bits per heavy atom. The van der Waals surface area contributed by atoms with Crippen LogP contribution in [0.3, 0.4) is 0 Å². The van der Waals surface area contributed by atoms with Crippen LogP contribution in [0.1, 0.15) is 207 Å². The molecule has 0 bridgehead atoms. The Hall–Kier alpha value is -1.40. The molecule has 1 rings (SSSR count). The van der Waals surface area contributed by atoms with E-state index in [-0.39, 0.29) is 25.2 Å². The number of ether oxygens (including phenoxy) is 3. The molecule has 4 atom stereocenters. The summed E-state index contributed by atoms with van der Waals surface area (Å²) in [4.78, 5) is 24.3. The summed E-state index contributed by atoms with van der Waals surface area (Å²) in [5, 5.41) is 9.57. The normalized spacial score (nSPS) is 17.1. The van der Waals surface area contributed by atoms with Crippen LogP contribution in [-0.4, -0.2) is 48.6 Å². The van der Waals surface area contributed by atoms with Gasteiger partial charge in [-0.3, -0.25) is 9.59 Å². The second kappa shape index (κ2) is 32.8. The van der Waals surface area contributed by atoms with Crippen LogP contribution in [0.15, 0.2) is 12.2 Å². The van der Waals surface area contributed by atoms with Gasteiger partial charge in [0.1, 0.15) is 6.61 Å². The van der Waals surface area contributed by atoms with Crippen molar-refractivity contribution >= 4 is 11.9 Å². The molecule has 0 spiro atoms. The SMILES string of the molecule is CCCCCC1OC1C/C=C\CCCCCCCC(=O)OC[C@H](CO)OC(=O)CCCCCCCCCCCCCCCCC(C)CC. The summed E-state index contributed by atoms with van der Waals surface area (Å²) in [6, 6.07) is 0. The number of carbonyl (C=O) groups is 2.